The summed E-state index contributed by atoms with van der Waals surface area (Å²) in [6, 6.07) is 13.7. The monoisotopic (exact) mass is 536 g/mol. The Bertz CT molecular complexity index is 1060. The molecule has 0 aliphatic heterocycles. The number of aldehydes is 1. The third-order valence-electron chi connectivity index (χ3n) is 6.69. The van der Waals surface area contributed by atoms with Gasteiger partial charge in [0.1, 0.15) is 12.1 Å². The predicted molar refractivity (Wildman–Crippen MR) is 159 cm³/mol. The zero-order chi connectivity index (χ0) is 28.5. The highest BCUT2D eigenvalue weighted by Gasteiger charge is 2.19. The number of rotatable bonds is 19. The van der Waals surface area contributed by atoms with Gasteiger partial charge in [-0.2, -0.15) is 0 Å². The van der Waals surface area contributed by atoms with E-state index in [4.69, 9.17) is 17.2 Å². The van der Waals surface area contributed by atoms with Gasteiger partial charge in [-0.05, 0) is 67.7 Å². The van der Waals surface area contributed by atoms with Crippen LogP contribution >= 0.6 is 0 Å². The first kappa shape index (κ1) is 31.4. The van der Waals surface area contributed by atoms with Gasteiger partial charge in [0.2, 0.25) is 0 Å². The van der Waals surface area contributed by atoms with E-state index < -0.39 is 5.97 Å². The Kier molecular flexibility index (Phi) is 14.2. The van der Waals surface area contributed by atoms with E-state index in [1.165, 1.54) is 6.08 Å². The number of aromatic amines is 1. The summed E-state index contributed by atoms with van der Waals surface area (Å²) in [6.45, 7) is 2.01. The van der Waals surface area contributed by atoms with Crippen molar-refractivity contribution in [1.82, 2.24) is 4.98 Å². The number of nitrogens with zero attached hydrogens (tertiary/aromatic N) is 1. The maximum Gasteiger partial charge on any atom is 0.328 e. The Morgan fingerprint density at radius 2 is 1.82 bits per heavy atom. The molecule has 9 nitrogen and oxygen atoms in total. The van der Waals surface area contributed by atoms with Crippen LogP contribution in [0.5, 0.6) is 0 Å². The Labute approximate surface area is 231 Å². The number of nitrogens with two attached hydrogens (primary N) is 3. The van der Waals surface area contributed by atoms with Crippen LogP contribution < -0.4 is 22.5 Å². The first-order valence-electron chi connectivity index (χ1n) is 13.6. The van der Waals surface area contributed by atoms with E-state index in [1.54, 1.807) is 6.20 Å². The number of H-pyrrole nitrogens is 1. The van der Waals surface area contributed by atoms with Gasteiger partial charge in [-0.15, -0.1) is 0 Å². The number of hydrogen-bond donors (Lipinski definition) is 6. The molecule has 0 fully saturated rings. The molecular weight excluding hydrogens is 492 g/mol. The van der Waals surface area contributed by atoms with Gasteiger partial charge in [-0.1, -0.05) is 55.8 Å². The third kappa shape index (κ3) is 13.5. The molecule has 0 radical (unpaired) electrons. The van der Waals surface area contributed by atoms with Crippen molar-refractivity contribution >= 4 is 30.1 Å². The Morgan fingerprint density at radius 1 is 1.05 bits per heavy atom. The van der Waals surface area contributed by atoms with Crippen LogP contribution in [0.4, 0.5) is 5.82 Å². The molecule has 9 heteroatoms. The topological polar surface area (TPSA) is 173 Å². The third-order valence-corrected chi connectivity index (χ3v) is 6.69. The molecule has 39 heavy (non-hydrogen) atoms. The van der Waals surface area contributed by atoms with E-state index in [1.807, 2.05) is 37.3 Å². The van der Waals surface area contributed by atoms with Crippen LogP contribution in [0.2, 0.25) is 0 Å². The van der Waals surface area contributed by atoms with Crippen molar-refractivity contribution in [3.05, 3.63) is 72.0 Å². The Balaban J connectivity index is 2.15. The summed E-state index contributed by atoms with van der Waals surface area (Å²) < 4.78 is 0. The summed E-state index contributed by atoms with van der Waals surface area (Å²) in [5.74, 6) is -0.0602. The number of allylic oxidation sites excluding steroid dienone is 1. The van der Waals surface area contributed by atoms with E-state index in [-0.39, 0.29) is 36.4 Å². The van der Waals surface area contributed by atoms with Gasteiger partial charge < -0.3 is 37.4 Å². The summed E-state index contributed by atoms with van der Waals surface area (Å²) >= 11 is 0. The van der Waals surface area contributed by atoms with Gasteiger partial charge in [0.25, 0.3) is 0 Å². The summed E-state index contributed by atoms with van der Waals surface area (Å²) in [6.07, 6.45) is 14.3. The highest BCUT2D eigenvalue weighted by atomic mass is 16.4. The molecule has 0 saturated carbocycles. The lowest BCUT2D eigenvalue weighted by molar-refractivity contribution is -0.131. The van der Waals surface area contributed by atoms with Crippen molar-refractivity contribution in [3.63, 3.8) is 0 Å². The second-order valence-electron chi connectivity index (χ2n) is 10.1. The largest absolute Gasteiger partial charge is 0.478 e. The smallest absolute Gasteiger partial charge is 0.328 e. The van der Waals surface area contributed by atoms with Crippen molar-refractivity contribution < 1.29 is 14.7 Å². The molecule has 0 aliphatic rings. The number of benzene rings is 1. The molecule has 0 aliphatic carbocycles. The molecule has 1 heterocycles. The van der Waals surface area contributed by atoms with Crippen LogP contribution in [0.15, 0.2) is 71.4 Å². The van der Waals surface area contributed by atoms with Crippen molar-refractivity contribution in [2.24, 2.45) is 34.0 Å². The number of aliphatic imine (C=N–C) groups is 1. The molecular formula is C30H44N6O3. The molecule has 4 unspecified atom stereocenters. The molecule has 4 atom stereocenters. The minimum absolute atomic E-state index is 0.0358. The van der Waals surface area contributed by atoms with E-state index in [0.29, 0.717) is 12.0 Å². The van der Waals surface area contributed by atoms with Crippen LogP contribution in [-0.4, -0.2) is 46.9 Å². The quantitative estimate of drug-likeness (QED) is 0.0672. The number of hydrogen-bond acceptors (Lipinski definition) is 5. The summed E-state index contributed by atoms with van der Waals surface area (Å²) in [4.78, 5) is 29.7. The minimum Gasteiger partial charge on any atom is -0.478 e. The lowest BCUT2D eigenvalue weighted by Gasteiger charge is -2.24. The van der Waals surface area contributed by atoms with E-state index in [0.717, 1.165) is 56.2 Å². The van der Waals surface area contributed by atoms with Crippen LogP contribution in [0, 0.1) is 11.8 Å². The molecule has 212 valence electrons. The fourth-order valence-corrected chi connectivity index (χ4v) is 4.42. The Morgan fingerprint density at radius 3 is 2.46 bits per heavy atom. The van der Waals surface area contributed by atoms with Crippen LogP contribution in [-0.2, 0) is 9.59 Å². The minimum atomic E-state index is -1.05. The van der Waals surface area contributed by atoms with Gasteiger partial charge in [0, 0.05) is 24.2 Å². The van der Waals surface area contributed by atoms with Gasteiger partial charge >= 0.3 is 5.97 Å². The molecule has 0 spiro atoms. The highest BCUT2D eigenvalue weighted by molar-refractivity contribution is 5.81. The number of carbonyl (C=O) groups excluding carboxylic acids is 1. The van der Waals surface area contributed by atoms with Gasteiger partial charge in [-0.3, -0.25) is 0 Å². The number of anilines is 1. The van der Waals surface area contributed by atoms with E-state index in [2.05, 4.69) is 39.6 Å². The normalized spacial score (nSPS) is 14.9. The van der Waals surface area contributed by atoms with Crippen molar-refractivity contribution in [2.75, 3.05) is 11.9 Å². The number of carboxylic acid groups (broad SMARTS) is 1. The maximum absolute atomic E-state index is 11.6. The fraction of sp³-hybridized carbons (Fsp3) is 0.433. The predicted octanol–water partition coefficient (Wildman–Crippen LogP) is 4.30. The highest BCUT2D eigenvalue weighted by Crippen LogP contribution is 2.24. The average Bonchev–Trinajstić information content (AvgIpc) is 3.43. The number of guanidine groups is 1. The first-order chi connectivity index (χ1) is 18.8. The standard InChI is InChI=1S/C30H44N6O3/c1-22(21-37)12-16-26(31)10-5-9-24(14-13-23-7-3-2-4-8-23)15-17-27(36-28-11-6-18-34-28)25(19-29(38)39)20-35-30(32)33/h2-4,6-8,11,13-14,18-19,21-22,24,26-27,34,36H,5,9-10,12,15-17,20,31H2,1H3,(H,38,39)(H4,32,33,35). The lowest BCUT2D eigenvalue weighted by Crippen LogP contribution is -2.28. The number of nitrogens with one attached hydrogen (secondary N) is 2. The molecule has 9 N–H and O–H groups in total. The van der Waals surface area contributed by atoms with Gasteiger partial charge in [-0.25, -0.2) is 9.79 Å². The summed E-state index contributed by atoms with van der Waals surface area (Å²) in [7, 11) is 0. The number of aliphatic carboxylic acids is 1. The molecule has 1 aromatic heterocycles. The molecule has 1 aromatic carbocycles. The SMILES string of the molecule is CC(C=O)CCC(N)CCCC(C=Cc1ccccc1)CCC(Nc1ccc[nH]1)C(=CC(=O)O)CN=C(N)N. The fourth-order valence-electron chi connectivity index (χ4n) is 4.42. The van der Waals surface area contributed by atoms with Crippen LogP contribution in [0.25, 0.3) is 6.08 Å². The lowest BCUT2D eigenvalue weighted by atomic mass is 9.90. The molecule has 2 aromatic rings. The van der Waals surface area contributed by atoms with Crippen molar-refractivity contribution in [3.8, 4) is 0 Å². The molecule has 2 rings (SSSR count). The van der Waals surface area contributed by atoms with Crippen LogP contribution in [0.3, 0.4) is 0 Å². The number of aromatic nitrogens is 1. The second-order valence-corrected chi connectivity index (χ2v) is 10.1. The number of carbonyl (C=O) groups is 2. The van der Waals surface area contributed by atoms with Crippen molar-refractivity contribution in [1.29, 1.82) is 0 Å². The summed E-state index contributed by atoms with van der Waals surface area (Å²) in [5, 5.41) is 12.9. The zero-order valence-corrected chi connectivity index (χ0v) is 22.8. The molecule has 0 bridgehead atoms. The Hall–Kier alpha value is -3.85. The second kappa shape index (κ2) is 17.6. The van der Waals surface area contributed by atoms with Gasteiger partial charge in [0.15, 0.2) is 5.96 Å². The molecule has 0 saturated heterocycles. The van der Waals surface area contributed by atoms with Crippen LogP contribution in [0.1, 0.15) is 57.4 Å². The maximum atomic E-state index is 11.6. The first-order valence-corrected chi connectivity index (χ1v) is 13.6. The van der Waals surface area contributed by atoms with Crippen molar-refractivity contribution in [2.45, 2.75) is 64.0 Å². The van der Waals surface area contributed by atoms with Gasteiger partial charge in [0.05, 0.1) is 12.6 Å². The summed E-state index contributed by atoms with van der Waals surface area (Å²) in [5.41, 5.74) is 19.1. The zero-order valence-electron chi connectivity index (χ0n) is 22.8. The van der Waals surface area contributed by atoms with E-state index in [9.17, 15) is 14.7 Å². The number of carboxylic acids is 1. The average molecular weight is 537 g/mol. The molecule has 0 amide bonds. The van der Waals surface area contributed by atoms with E-state index >= 15 is 0 Å².